The molecule has 7 nitrogen and oxygen atoms in total. The molecule has 0 saturated carbocycles. The Morgan fingerprint density at radius 1 is 1.21 bits per heavy atom. The van der Waals surface area contributed by atoms with Crippen molar-refractivity contribution in [1.29, 1.82) is 0 Å². The van der Waals surface area contributed by atoms with Gasteiger partial charge in [-0.2, -0.15) is 4.52 Å². The van der Waals surface area contributed by atoms with E-state index in [0.29, 0.717) is 16.6 Å². The zero-order valence-electron chi connectivity index (χ0n) is 13.1. The van der Waals surface area contributed by atoms with E-state index in [-0.39, 0.29) is 5.56 Å². The minimum atomic E-state index is -0.141. The molecule has 2 N–H and O–H groups in total. The smallest absolute Gasteiger partial charge is 0.277 e. The van der Waals surface area contributed by atoms with Crippen molar-refractivity contribution in [3.63, 3.8) is 0 Å². The first kappa shape index (κ1) is 15.1. The SMILES string of the molecule is O=c1cc(N2CCNCC2)nc2sc(NCc3ccccc3)nn12. The van der Waals surface area contributed by atoms with Gasteiger partial charge in [-0.25, -0.2) is 4.98 Å². The van der Waals surface area contributed by atoms with E-state index < -0.39 is 0 Å². The van der Waals surface area contributed by atoms with Gasteiger partial charge < -0.3 is 15.5 Å². The largest absolute Gasteiger partial charge is 0.356 e. The molecular formula is C16H18N6OS. The highest BCUT2D eigenvalue weighted by molar-refractivity contribution is 7.20. The van der Waals surface area contributed by atoms with Crippen LogP contribution in [0.2, 0.25) is 0 Å². The third kappa shape index (κ3) is 3.10. The molecule has 1 saturated heterocycles. The fourth-order valence-electron chi connectivity index (χ4n) is 2.70. The molecule has 1 fully saturated rings. The molecule has 0 bridgehead atoms. The Hall–Kier alpha value is -2.45. The second-order valence-corrected chi connectivity index (χ2v) is 6.59. The summed E-state index contributed by atoms with van der Waals surface area (Å²) in [5.74, 6) is 0.736. The van der Waals surface area contributed by atoms with Crippen LogP contribution in [-0.4, -0.2) is 40.8 Å². The van der Waals surface area contributed by atoms with Gasteiger partial charge in [-0.3, -0.25) is 4.79 Å². The number of hydrogen-bond donors (Lipinski definition) is 2. The predicted molar refractivity (Wildman–Crippen MR) is 96.0 cm³/mol. The van der Waals surface area contributed by atoms with Crippen molar-refractivity contribution in [2.75, 3.05) is 36.4 Å². The van der Waals surface area contributed by atoms with E-state index in [9.17, 15) is 4.79 Å². The minimum absolute atomic E-state index is 0.141. The number of anilines is 2. The van der Waals surface area contributed by atoms with Gasteiger partial charge in [0.2, 0.25) is 10.1 Å². The lowest BCUT2D eigenvalue weighted by molar-refractivity contribution is 0.584. The van der Waals surface area contributed by atoms with Gasteiger partial charge in [0.1, 0.15) is 5.82 Å². The molecule has 8 heteroatoms. The number of benzene rings is 1. The summed E-state index contributed by atoms with van der Waals surface area (Å²) in [7, 11) is 0. The molecule has 0 radical (unpaired) electrons. The monoisotopic (exact) mass is 342 g/mol. The van der Waals surface area contributed by atoms with Gasteiger partial charge >= 0.3 is 0 Å². The first-order valence-corrected chi connectivity index (χ1v) is 8.76. The highest BCUT2D eigenvalue weighted by Crippen LogP contribution is 2.20. The summed E-state index contributed by atoms with van der Waals surface area (Å²) >= 11 is 1.40. The third-order valence-electron chi connectivity index (χ3n) is 3.96. The summed E-state index contributed by atoms with van der Waals surface area (Å²) in [6.45, 7) is 4.21. The lowest BCUT2D eigenvalue weighted by Gasteiger charge is -2.27. The van der Waals surface area contributed by atoms with Crippen molar-refractivity contribution in [3.05, 3.63) is 52.3 Å². The molecule has 1 aromatic carbocycles. The molecule has 4 rings (SSSR count). The molecule has 24 heavy (non-hydrogen) atoms. The average molecular weight is 342 g/mol. The Bertz CT molecular complexity index is 884. The predicted octanol–water partition coefficient (Wildman–Crippen LogP) is 1.17. The number of hydrogen-bond acceptors (Lipinski definition) is 7. The summed E-state index contributed by atoms with van der Waals surface area (Å²) in [5, 5.41) is 11.6. The lowest BCUT2D eigenvalue weighted by Crippen LogP contribution is -2.44. The first-order valence-electron chi connectivity index (χ1n) is 7.94. The molecule has 0 spiro atoms. The van der Waals surface area contributed by atoms with Crippen LogP contribution >= 0.6 is 11.3 Å². The van der Waals surface area contributed by atoms with Gasteiger partial charge in [0, 0.05) is 38.8 Å². The highest BCUT2D eigenvalue weighted by Gasteiger charge is 2.15. The van der Waals surface area contributed by atoms with E-state index in [1.54, 1.807) is 6.07 Å². The van der Waals surface area contributed by atoms with Gasteiger partial charge in [-0.05, 0) is 5.56 Å². The minimum Gasteiger partial charge on any atom is -0.356 e. The Labute approximate surface area is 143 Å². The highest BCUT2D eigenvalue weighted by atomic mass is 32.1. The van der Waals surface area contributed by atoms with Crippen LogP contribution in [0.4, 0.5) is 10.9 Å². The number of nitrogens with zero attached hydrogens (tertiary/aromatic N) is 4. The number of nitrogens with one attached hydrogen (secondary N) is 2. The van der Waals surface area contributed by atoms with Crippen molar-refractivity contribution in [2.45, 2.75) is 6.54 Å². The molecule has 2 aromatic heterocycles. The molecule has 124 valence electrons. The Morgan fingerprint density at radius 3 is 2.79 bits per heavy atom. The van der Waals surface area contributed by atoms with Crippen LogP contribution < -0.4 is 21.1 Å². The van der Waals surface area contributed by atoms with E-state index in [1.165, 1.54) is 21.4 Å². The molecule has 1 aliphatic heterocycles. The van der Waals surface area contributed by atoms with Crippen LogP contribution in [0.1, 0.15) is 5.56 Å². The molecule has 3 aromatic rings. The van der Waals surface area contributed by atoms with Crippen LogP contribution in [0, 0.1) is 0 Å². The third-order valence-corrected chi connectivity index (χ3v) is 4.83. The molecule has 0 unspecified atom stereocenters. The second kappa shape index (κ2) is 6.58. The van der Waals surface area contributed by atoms with Crippen molar-refractivity contribution >= 4 is 27.2 Å². The molecule has 0 atom stereocenters. The average Bonchev–Trinajstić information content (AvgIpc) is 3.05. The van der Waals surface area contributed by atoms with Gasteiger partial charge in [-0.1, -0.05) is 41.7 Å². The fraction of sp³-hybridized carbons (Fsp3) is 0.312. The normalized spacial score (nSPS) is 14.9. The first-order chi connectivity index (χ1) is 11.8. The Balaban J connectivity index is 1.58. The Kier molecular flexibility index (Phi) is 4.14. The number of fused-ring (bicyclic) bond motifs is 1. The van der Waals surface area contributed by atoms with E-state index in [4.69, 9.17) is 0 Å². The van der Waals surface area contributed by atoms with Crippen LogP contribution in [0.3, 0.4) is 0 Å². The van der Waals surface area contributed by atoms with E-state index in [2.05, 4.69) is 25.6 Å². The summed E-state index contributed by atoms with van der Waals surface area (Å²) < 4.78 is 1.36. The fourth-order valence-corrected chi connectivity index (χ4v) is 3.50. The van der Waals surface area contributed by atoms with Crippen molar-refractivity contribution in [2.24, 2.45) is 0 Å². The maximum atomic E-state index is 12.3. The Morgan fingerprint density at radius 2 is 2.00 bits per heavy atom. The molecular weight excluding hydrogens is 324 g/mol. The topological polar surface area (TPSA) is 74.6 Å². The summed E-state index contributed by atoms with van der Waals surface area (Å²) in [5.41, 5.74) is 1.02. The lowest BCUT2D eigenvalue weighted by atomic mass is 10.2. The van der Waals surface area contributed by atoms with E-state index in [0.717, 1.165) is 32.0 Å². The molecule has 0 aliphatic carbocycles. The summed E-state index contributed by atoms with van der Waals surface area (Å²) in [6.07, 6.45) is 0. The summed E-state index contributed by atoms with van der Waals surface area (Å²) in [6, 6.07) is 11.7. The summed E-state index contributed by atoms with van der Waals surface area (Å²) in [4.78, 5) is 19.7. The van der Waals surface area contributed by atoms with Crippen molar-refractivity contribution in [1.82, 2.24) is 19.9 Å². The standard InChI is InChI=1S/C16H18N6OS/c23-14-10-13(21-8-6-17-7-9-21)19-16-22(14)20-15(24-16)18-11-12-4-2-1-3-5-12/h1-5,10,17H,6-9,11H2,(H,18,20). The van der Waals surface area contributed by atoms with Crippen LogP contribution in [0.15, 0.2) is 41.2 Å². The number of aromatic nitrogens is 3. The van der Waals surface area contributed by atoms with Crippen LogP contribution in [-0.2, 0) is 6.54 Å². The van der Waals surface area contributed by atoms with E-state index in [1.807, 2.05) is 30.3 Å². The van der Waals surface area contributed by atoms with Crippen LogP contribution in [0.25, 0.3) is 4.96 Å². The second-order valence-electron chi connectivity index (χ2n) is 5.63. The quantitative estimate of drug-likeness (QED) is 0.741. The number of piperazine rings is 1. The van der Waals surface area contributed by atoms with Crippen molar-refractivity contribution in [3.8, 4) is 0 Å². The zero-order valence-corrected chi connectivity index (χ0v) is 13.9. The van der Waals surface area contributed by atoms with E-state index >= 15 is 0 Å². The molecule has 3 heterocycles. The van der Waals surface area contributed by atoms with Gasteiger partial charge in [0.15, 0.2) is 0 Å². The van der Waals surface area contributed by atoms with Gasteiger partial charge in [0.05, 0.1) is 0 Å². The van der Waals surface area contributed by atoms with Gasteiger partial charge in [0.25, 0.3) is 5.56 Å². The zero-order chi connectivity index (χ0) is 16.4. The molecule has 0 amide bonds. The number of rotatable bonds is 4. The van der Waals surface area contributed by atoms with Crippen LogP contribution in [0.5, 0.6) is 0 Å². The van der Waals surface area contributed by atoms with Crippen molar-refractivity contribution < 1.29 is 0 Å². The molecule has 1 aliphatic rings. The maximum absolute atomic E-state index is 12.3. The van der Waals surface area contributed by atoms with Gasteiger partial charge in [-0.15, -0.1) is 5.10 Å². The maximum Gasteiger partial charge on any atom is 0.277 e.